The number of hydrogen-bond donors (Lipinski definition) is 2. The molecule has 0 aliphatic carbocycles. The SMILES string of the molecule is CNC(=O)c1cc(Oc2ccc(NC)cc2C(C)C)ccn1. The minimum absolute atomic E-state index is 0.236. The summed E-state index contributed by atoms with van der Waals surface area (Å²) in [7, 11) is 3.46. The first-order valence-corrected chi connectivity index (χ1v) is 7.22. The number of ether oxygens (including phenoxy) is 1. The van der Waals surface area contributed by atoms with Gasteiger partial charge < -0.3 is 15.4 Å². The Morgan fingerprint density at radius 1 is 1.18 bits per heavy atom. The predicted molar refractivity (Wildman–Crippen MR) is 87.8 cm³/mol. The van der Waals surface area contributed by atoms with Crippen LogP contribution >= 0.6 is 0 Å². The average Bonchev–Trinajstić information content (AvgIpc) is 2.54. The standard InChI is InChI=1S/C17H21N3O2/c1-11(2)14-9-12(18-3)5-6-16(14)22-13-7-8-20-15(10-13)17(21)19-4/h5-11,18H,1-4H3,(H,19,21). The Morgan fingerprint density at radius 2 is 1.95 bits per heavy atom. The van der Waals surface area contributed by atoms with Crippen molar-refractivity contribution in [3.8, 4) is 11.5 Å². The van der Waals surface area contributed by atoms with Gasteiger partial charge in [-0.05, 0) is 35.7 Å². The van der Waals surface area contributed by atoms with Crippen molar-refractivity contribution in [1.82, 2.24) is 10.3 Å². The largest absolute Gasteiger partial charge is 0.457 e. The van der Waals surface area contributed by atoms with E-state index in [1.165, 1.54) is 0 Å². The Bertz CT molecular complexity index is 669. The summed E-state index contributed by atoms with van der Waals surface area (Å²) in [5.41, 5.74) is 2.47. The molecule has 0 spiro atoms. The van der Waals surface area contributed by atoms with Crippen molar-refractivity contribution < 1.29 is 9.53 Å². The summed E-state index contributed by atoms with van der Waals surface area (Å²) in [5.74, 6) is 1.46. The molecule has 0 aliphatic rings. The normalized spacial score (nSPS) is 10.4. The Morgan fingerprint density at radius 3 is 2.59 bits per heavy atom. The van der Waals surface area contributed by atoms with E-state index in [2.05, 4.69) is 35.5 Å². The van der Waals surface area contributed by atoms with Gasteiger partial charge in [0.1, 0.15) is 17.2 Å². The molecule has 2 rings (SSSR count). The van der Waals surface area contributed by atoms with Crippen LogP contribution in [0.15, 0.2) is 36.5 Å². The molecule has 0 unspecified atom stereocenters. The molecule has 0 saturated heterocycles. The summed E-state index contributed by atoms with van der Waals surface area (Å²) in [5, 5.41) is 5.68. The van der Waals surface area contributed by atoms with E-state index >= 15 is 0 Å². The third kappa shape index (κ3) is 3.55. The molecule has 0 bridgehead atoms. The molecule has 1 aromatic carbocycles. The van der Waals surface area contributed by atoms with Crippen molar-refractivity contribution >= 4 is 11.6 Å². The van der Waals surface area contributed by atoms with Gasteiger partial charge in [-0.25, -0.2) is 0 Å². The second kappa shape index (κ2) is 6.93. The zero-order chi connectivity index (χ0) is 16.1. The van der Waals surface area contributed by atoms with Crippen LogP contribution in [0.3, 0.4) is 0 Å². The first-order valence-electron chi connectivity index (χ1n) is 7.22. The van der Waals surface area contributed by atoms with Gasteiger partial charge in [0.05, 0.1) is 0 Å². The smallest absolute Gasteiger partial charge is 0.269 e. The van der Waals surface area contributed by atoms with Crippen LogP contribution in [-0.4, -0.2) is 25.0 Å². The van der Waals surface area contributed by atoms with E-state index in [4.69, 9.17) is 4.74 Å². The first-order chi connectivity index (χ1) is 10.5. The molecule has 0 saturated carbocycles. The summed E-state index contributed by atoms with van der Waals surface area (Å²) in [6.07, 6.45) is 1.57. The third-order valence-corrected chi connectivity index (χ3v) is 3.34. The quantitative estimate of drug-likeness (QED) is 0.888. The van der Waals surface area contributed by atoms with Crippen molar-refractivity contribution in [1.29, 1.82) is 0 Å². The van der Waals surface area contributed by atoms with E-state index < -0.39 is 0 Å². The lowest BCUT2D eigenvalue weighted by atomic mass is 10.0. The molecule has 22 heavy (non-hydrogen) atoms. The number of pyridine rings is 1. The molecule has 5 nitrogen and oxygen atoms in total. The molecule has 1 heterocycles. The zero-order valence-electron chi connectivity index (χ0n) is 13.3. The van der Waals surface area contributed by atoms with Crippen LogP contribution in [0, 0.1) is 0 Å². The number of benzene rings is 1. The van der Waals surface area contributed by atoms with Gasteiger partial charge in [0, 0.05) is 32.0 Å². The van der Waals surface area contributed by atoms with Crippen LogP contribution in [-0.2, 0) is 0 Å². The Balaban J connectivity index is 2.32. The molecule has 1 amide bonds. The number of anilines is 1. The lowest BCUT2D eigenvalue weighted by Gasteiger charge is -2.15. The summed E-state index contributed by atoms with van der Waals surface area (Å²) < 4.78 is 5.96. The van der Waals surface area contributed by atoms with Crippen molar-refractivity contribution in [2.24, 2.45) is 0 Å². The molecule has 0 radical (unpaired) electrons. The first kappa shape index (κ1) is 15.8. The molecule has 5 heteroatoms. The molecule has 2 aromatic rings. The Kier molecular flexibility index (Phi) is 4.99. The second-order valence-corrected chi connectivity index (χ2v) is 5.22. The summed E-state index contributed by atoms with van der Waals surface area (Å²) in [6.45, 7) is 4.23. The number of carbonyl (C=O) groups is 1. The van der Waals surface area contributed by atoms with Gasteiger partial charge in [0.15, 0.2) is 0 Å². The van der Waals surface area contributed by atoms with Gasteiger partial charge in [0.25, 0.3) is 5.91 Å². The number of hydrogen-bond acceptors (Lipinski definition) is 4. The highest BCUT2D eigenvalue weighted by Crippen LogP contribution is 2.32. The maximum Gasteiger partial charge on any atom is 0.269 e. The van der Waals surface area contributed by atoms with Gasteiger partial charge in [-0.3, -0.25) is 9.78 Å². The van der Waals surface area contributed by atoms with Gasteiger partial charge in [-0.15, -0.1) is 0 Å². The highest BCUT2D eigenvalue weighted by molar-refractivity contribution is 5.92. The van der Waals surface area contributed by atoms with Gasteiger partial charge in [0.2, 0.25) is 0 Å². The maximum absolute atomic E-state index is 11.6. The predicted octanol–water partition coefficient (Wildman–Crippen LogP) is 3.40. The van der Waals surface area contributed by atoms with E-state index in [0.29, 0.717) is 17.4 Å². The van der Waals surface area contributed by atoms with Crippen molar-refractivity contribution in [2.75, 3.05) is 19.4 Å². The van der Waals surface area contributed by atoms with E-state index in [0.717, 1.165) is 17.0 Å². The number of nitrogens with one attached hydrogen (secondary N) is 2. The summed E-state index contributed by atoms with van der Waals surface area (Å²) in [4.78, 5) is 15.7. The third-order valence-electron chi connectivity index (χ3n) is 3.34. The second-order valence-electron chi connectivity index (χ2n) is 5.22. The molecule has 2 N–H and O–H groups in total. The van der Waals surface area contributed by atoms with Crippen LogP contribution in [0.25, 0.3) is 0 Å². The van der Waals surface area contributed by atoms with Crippen LogP contribution in [0.5, 0.6) is 11.5 Å². The molecule has 1 aromatic heterocycles. The monoisotopic (exact) mass is 299 g/mol. The summed E-state index contributed by atoms with van der Waals surface area (Å²) in [6, 6.07) is 9.33. The van der Waals surface area contributed by atoms with Crippen molar-refractivity contribution in [3.05, 3.63) is 47.8 Å². The minimum atomic E-state index is -0.236. The number of carbonyl (C=O) groups excluding carboxylic acids is 1. The highest BCUT2D eigenvalue weighted by Gasteiger charge is 2.11. The fraction of sp³-hybridized carbons (Fsp3) is 0.294. The van der Waals surface area contributed by atoms with Crippen molar-refractivity contribution in [3.63, 3.8) is 0 Å². The van der Waals surface area contributed by atoms with E-state index in [1.54, 1.807) is 25.4 Å². The molecule has 116 valence electrons. The van der Waals surface area contributed by atoms with Gasteiger partial charge in [-0.1, -0.05) is 13.8 Å². The lowest BCUT2D eigenvalue weighted by molar-refractivity contribution is 0.0958. The molecule has 0 atom stereocenters. The van der Waals surface area contributed by atoms with E-state index in [9.17, 15) is 4.79 Å². The van der Waals surface area contributed by atoms with Crippen molar-refractivity contribution in [2.45, 2.75) is 19.8 Å². The average molecular weight is 299 g/mol. The zero-order valence-corrected chi connectivity index (χ0v) is 13.3. The Hall–Kier alpha value is -2.56. The summed E-state index contributed by atoms with van der Waals surface area (Å²) >= 11 is 0. The highest BCUT2D eigenvalue weighted by atomic mass is 16.5. The number of nitrogens with zero attached hydrogens (tertiary/aromatic N) is 1. The van der Waals surface area contributed by atoms with E-state index in [1.807, 2.05) is 19.2 Å². The maximum atomic E-state index is 11.6. The van der Waals surface area contributed by atoms with Gasteiger partial charge >= 0.3 is 0 Å². The topological polar surface area (TPSA) is 63.2 Å². The van der Waals surface area contributed by atoms with Gasteiger partial charge in [-0.2, -0.15) is 0 Å². The number of rotatable bonds is 5. The Labute approximate surface area is 130 Å². The van der Waals surface area contributed by atoms with Crippen LogP contribution < -0.4 is 15.4 Å². The minimum Gasteiger partial charge on any atom is -0.457 e. The van der Waals surface area contributed by atoms with Crippen LogP contribution in [0.2, 0.25) is 0 Å². The molecular weight excluding hydrogens is 278 g/mol. The fourth-order valence-corrected chi connectivity index (χ4v) is 2.10. The molecule has 0 fully saturated rings. The molecule has 0 aliphatic heterocycles. The molecular formula is C17H21N3O2. The number of aromatic nitrogens is 1. The number of amides is 1. The van der Waals surface area contributed by atoms with E-state index in [-0.39, 0.29) is 5.91 Å². The van der Waals surface area contributed by atoms with Crippen LogP contribution in [0.4, 0.5) is 5.69 Å². The van der Waals surface area contributed by atoms with Crippen LogP contribution in [0.1, 0.15) is 35.8 Å². The lowest BCUT2D eigenvalue weighted by Crippen LogP contribution is -2.18. The fourth-order valence-electron chi connectivity index (χ4n) is 2.10.